The van der Waals surface area contributed by atoms with E-state index in [9.17, 15) is 0 Å². The Balaban J connectivity index is 1.89. The van der Waals surface area contributed by atoms with Crippen LogP contribution in [0.25, 0.3) is 0 Å². The van der Waals surface area contributed by atoms with Gasteiger partial charge in [-0.25, -0.2) is 0 Å². The summed E-state index contributed by atoms with van der Waals surface area (Å²) in [4.78, 5) is 0. The molecule has 1 unspecified atom stereocenters. The van der Waals surface area contributed by atoms with Gasteiger partial charge in [0.1, 0.15) is 0 Å². The van der Waals surface area contributed by atoms with E-state index >= 15 is 0 Å². The number of rotatable bonds is 5. The molecule has 0 aromatic rings. The molecule has 1 heterocycles. The van der Waals surface area contributed by atoms with Crippen LogP contribution in [0.2, 0.25) is 0 Å². The van der Waals surface area contributed by atoms with Gasteiger partial charge in [-0.15, -0.1) is 6.58 Å². The predicted octanol–water partition coefficient (Wildman–Crippen LogP) is 2.48. The van der Waals surface area contributed by atoms with Crippen molar-refractivity contribution >= 4 is 0 Å². The van der Waals surface area contributed by atoms with E-state index < -0.39 is 0 Å². The fourth-order valence-corrected chi connectivity index (χ4v) is 1.68. The van der Waals surface area contributed by atoms with Gasteiger partial charge in [0.2, 0.25) is 0 Å². The second kappa shape index (κ2) is 5.36. The topological polar surface area (TPSA) is 12.0 Å². The summed E-state index contributed by atoms with van der Waals surface area (Å²) in [5.41, 5.74) is 0. The fraction of sp³-hybridized carbons (Fsp3) is 0.800. The van der Waals surface area contributed by atoms with Crippen molar-refractivity contribution in [2.75, 3.05) is 6.54 Å². The predicted molar refractivity (Wildman–Crippen MR) is 49.7 cm³/mol. The molecule has 64 valence electrons. The zero-order valence-corrected chi connectivity index (χ0v) is 7.31. The number of hydrogen-bond donors (Lipinski definition) is 1. The molecule has 11 heavy (non-hydrogen) atoms. The van der Waals surface area contributed by atoms with Gasteiger partial charge in [0.15, 0.2) is 0 Å². The van der Waals surface area contributed by atoms with Crippen LogP contribution in [-0.4, -0.2) is 12.6 Å². The van der Waals surface area contributed by atoms with Crippen LogP contribution in [0.15, 0.2) is 12.7 Å². The summed E-state index contributed by atoms with van der Waals surface area (Å²) in [6, 6.07) is 0.833. The summed E-state index contributed by atoms with van der Waals surface area (Å²) in [5.74, 6) is 0. The molecule has 1 N–H and O–H groups in total. The van der Waals surface area contributed by atoms with Gasteiger partial charge >= 0.3 is 0 Å². The average Bonchev–Trinajstić information content (AvgIpc) is 2.50. The van der Waals surface area contributed by atoms with Gasteiger partial charge in [-0.1, -0.05) is 12.5 Å². The molecule has 1 heteroatoms. The van der Waals surface area contributed by atoms with Gasteiger partial charge in [0.05, 0.1) is 0 Å². The first-order valence-electron chi connectivity index (χ1n) is 4.78. The number of nitrogens with one attached hydrogen (secondary N) is 1. The van der Waals surface area contributed by atoms with Gasteiger partial charge < -0.3 is 5.32 Å². The first-order chi connectivity index (χ1) is 5.43. The molecule has 0 bridgehead atoms. The van der Waals surface area contributed by atoms with Crippen molar-refractivity contribution in [2.24, 2.45) is 0 Å². The summed E-state index contributed by atoms with van der Waals surface area (Å²) in [6.07, 6.45) is 10.0. The van der Waals surface area contributed by atoms with Crippen molar-refractivity contribution in [1.82, 2.24) is 5.32 Å². The van der Waals surface area contributed by atoms with Crippen LogP contribution in [0.1, 0.15) is 38.5 Å². The molecular weight excluding hydrogens is 134 g/mol. The SMILES string of the molecule is C=CCCCCC1CCCN1. The van der Waals surface area contributed by atoms with Crippen molar-refractivity contribution in [3.63, 3.8) is 0 Å². The lowest BCUT2D eigenvalue weighted by molar-refractivity contribution is 0.525. The van der Waals surface area contributed by atoms with Crippen LogP contribution in [0, 0.1) is 0 Å². The van der Waals surface area contributed by atoms with E-state index in [1.165, 1.54) is 45.1 Å². The second-order valence-electron chi connectivity index (χ2n) is 3.37. The molecule has 1 fully saturated rings. The highest BCUT2D eigenvalue weighted by atomic mass is 14.9. The Kier molecular flexibility index (Phi) is 4.29. The summed E-state index contributed by atoms with van der Waals surface area (Å²) in [7, 11) is 0. The Labute approximate surface area is 69.9 Å². The van der Waals surface area contributed by atoms with E-state index in [0.717, 1.165) is 6.04 Å². The summed E-state index contributed by atoms with van der Waals surface area (Å²) in [5, 5.41) is 3.51. The normalized spacial score (nSPS) is 23.8. The third kappa shape index (κ3) is 3.57. The lowest BCUT2D eigenvalue weighted by atomic mass is 10.1. The van der Waals surface area contributed by atoms with Gasteiger partial charge in [-0.05, 0) is 38.6 Å². The summed E-state index contributed by atoms with van der Waals surface area (Å²) >= 11 is 0. The van der Waals surface area contributed by atoms with Crippen molar-refractivity contribution in [3.8, 4) is 0 Å². The molecule has 1 atom stereocenters. The van der Waals surface area contributed by atoms with E-state index in [1.807, 2.05) is 6.08 Å². The maximum absolute atomic E-state index is 3.71. The minimum atomic E-state index is 0.833. The quantitative estimate of drug-likeness (QED) is 0.472. The van der Waals surface area contributed by atoms with Crippen molar-refractivity contribution < 1.29 is 0 Å². The Bertz CT molecular complexity index is 103. The number of allylic oxidation sites excluding steroid dienone is 1. The molecule has 0 saturated carbocycles. The van der Waals surface area contributed by atoms with E-state index in [-0.39, 0.29) is 0 Å². The van der Waals surface area contributed by atoms with Gasteiger partial charge in [-0.3, -0.25) is 0 Å². The van der Waals surface area contributed by atoms with Crippen LogP contribution >= 0.6 is 0 Å². The van der Waals surface area contributed by atoms with Crippen LogP contribution in [0.3, 0.4) is 0 Å². The monoisotopic (exact) mass is 153 g/mol. The Hall–Kier alpha value is -0.300. The molecule has 0 amide bonds. The van der Waals surface area contributed by atoms with Gasteiger partial charge in [0.25, 0.3) is 0 Å². The Morgan fingerprint density at radius 2 is 2.36 bits per heavy atom. The lowest BCUT2D eigenvalue weighted by Gasteiger charge is -2.07. The van der Waals surface area contributed by atoms with Crippen LogP contribution < -0.4 is 5.32 Å². The van der Waals surface area contributed by atoms with E-state index in [2.05, 4.69) is 11.9 Å². The van der Waals surface area contributed by atoms with Crippen LogP contribution in [0.4, 0.5) is 0 Å². The molecule has 1 aliphatic heterocycles. The minimum absolute atomic E-state index is 0.833. The molecule has 1 saturated heterocycles. The highest BCUT2D eigenvalue weighted by Gasteiger charge is 2.12. The molecule has 1 aliphatic rings. The Morgan fingerprint density at radius 3 is 3.00 bits per heavy atom. The number of hydrogen-bond acceptors (Lipinski definition) is 1. The van der Waals surface area contributed by atoms with Crippen molar-refractivity contribution in [2.45, 2.75) is 44.6 Å². The Morgan fingerprint density at radius 1 is 1.45 bits per heavy atom. The minimum Gasteiger partial charge on any atom is -0.314 e. The van der Waals surface area contributed by atoms with Crippen LogP contribution in [-0.2, 0) is 0 Å². The van der Waals surface area contributed by atoms with Crippen LogP contribution in [0.5, 0.6) is 0 Å². The first-order valence-corrected chi connectivity index (χ1v) is 4.78. The standard InChI is InChI=1S/C10H19N/c1-2-3-4-5-7-10-8-6-9-11-10/h2,10-11H,1,3-9H2. The molecular formula is C10H19N. The van der Waals surface area contributed by atoms with E-state index in [1.54, 1.807) is 0 Å². The molecule has 0 aromatic carbocycles. The van der Waals surface area contributed by atoms with Crippen molar-refractivity contribution in [3.05, 3.63) is 12.7 Å². The number of unbranched alkanes of at least 4 members (excludes halogenated alkanes) is 2. The first kappa shape index (κ1) is 8.79. The average molecular weight is 153 g/mol. The smallest absolute Gasteiger partial charge is 0.00675 e. The maximum atomic E-state index is 3.71. The summed E-state index contributed by atoms with van der Waals surface area (Å²) < 4.78 is 0. The zero-order valence-electron chi connectivity index (χ0n) is 7.31. The van der Waals surface area contributed by atoms with E-state index in [4.69, 9.17) is 0 Å². The van der Waals surface area contributed by atoms with Gasteiger partial charge in [0, 0.05) is 6.04 Å². The highest BCUT2D eigenvalue weighted by molar-refractivity contribution is 4.74. The summed E-state index contributed by atoms with van der Waals surface area (Å²) in [6.45, 7) is 4.96. The fourth-order valence-electron chi connectivity index (χ4n) is 1.68. The molecule has 0 aliphatic carbocycles. The molecule has 0 radical (unpaired) electrons. The third-order valence-corrected chi connectivity index (χ3v) is 2.37. The second-order valence-corrected chi connectivity index (χ2v) is 3.37. The van der Waals surface area contributed by atoms with Crippen molar-refractivity contribution in [1.29, 1.82) is 0 Å². The van der Waals surface area contributed by atoms with Gasteiger partial charge in [-0.2, -0.15) is 0 Å². The molecule has 0 spiro atoms. The largest absolute Gasteiger partial charge is 0.314 e. The van der Waals surface area contributed by atoms with E-state index in [0.29, 0.717) is 0 Å². The highest BCUT2D eigenvalue weighted by Crippen LogP contribution is 2.12. The maximum Gasteiger partial charge on any atom is 0.00675 e. The molecule has 1 nitrogen and oxygen atoms in total. The lowest BCUT2D eigenvalue weighted by Crippen LogP contribution is -2.20. The zero-order chi connectivity index (χ0) is 7.94. The molecule has 0 aromatic heterocycles. The third-order valence-electron chi connectivity index (χ3n) is 2.37. The molecule has 1 rings (SSSR count).